The lowest BCUT2D eigenvalue weighted by molar-refractivity contribution is 0.624. The molecule has 1 nitrogen and oxygen atoms in total. The van der Waals surface area contributed by atoms with Gasteiger partial charge in [0.25, 0.3) is 0 Å². The molecule has 0 spiro atoms. The molecular formula is C10H11ClFNS. The SMILES string of the molecule is C/C(=C/Cl)CSc1cc(F)ccc1N. The van der Waals surface area contributed by atoms with E-state index in [-0.39, 0.29) is 5.82 Å². The maximum atomic E-state index is 12.8. The molecule has 1 aromatic carbocycles. The summed E-state index contributed by atoms with van der Waals surface area (Å²) in [4.78, 5) is 0.753. The number of hydrogen-bond acceptors (Lipinski definition) is 2. The van der Waals surface area contributed by atoms with Gasteiger partial charge in [-0.15, -0.1) is 11.8 Å². The average Bonchev–Trinajstić information content (AvgIpc) is 2.19. The zero-order valence-corrected chi connectivity index (χ0v) is 9.33. The standard InChI is InChI=1S/C10H11ClFNS/c1-7(5-11)6-14-10-4-8(12)2-3-9(10)13/h2-5H,6,13H2,1H3/b7-5-. The van der Waals surface area contributed by atoms with E-state index in [9.17, 15) is 4.39 Å². The molecule has 76 valence electrons. The molecule has 0 aliphatic rings. The normalized spacial score (nSPS) is 11.8. The number of nitrogens with two attached hydrogens (primary N) is 1. The highest BCUT2D eigenvalue weighted by atomic mass is 35.5. The summed E-state index contributed by atoms with van der Waals surface area (Å²) in [6.07, 6.45) is 0. The number of halogens is 2. The summed E-state index contributed by atoms with van der Waals surface area (Å²) in [7, 11) is 0. The van der Waals surface area contributed by atoms with Gasteiger partial charge in [0.15, 0.2) is 0 Å². The first-order valence-corrected chi connectivity index (χ1v) is 5.49. The number of thioether (sulfide) groups is 1. The fourth-order valence-corrected chi connectivity index (χ4v) is 1.92. The van der Waals surface area contributed by atoms with Crippen molar-refractivity contribution in [1.82, 2.24) is 0 Å². The third-order valence-corrected chi connectivity index (χ3v) is 3.25. The van der Waals surface area contributed by atoms with E-state index in [1.165, 1.54) is 29.4 Å². The van der Waals surface area contributed by atoms with Crippen LogP contribution in [0.1, 0.15) is 6.92 Å². The minimum atomic E-state index is -0.269. The third kappa shape index (κ3) is 3.24. The Morgan fingerprint density at radius 1 is 1.64 bits per heavy atom. The van der Waals surface area contributed by atoms with Crippen molar-refractivity contribution in [3.63, 3.8) is 0 Å². The summed E-state index contributed by atoms with van der Waals surface area (Å²) in [6, 6.07) is 4.35. The van der Waals surface area contributed by atoms with E-state index in [2.05, 4.69) is 0 Å². The molecule has 1 rings (SSSR count). The van der Waals surface area contributed by atoms with Crippen molar-refractivity contribution >= 4 is 29.1 Å². The van der Waals surface area contributed by atoms with E-state index in [1.54, 1.807) is 6.07 Å². The molecule has 0 aliphatic carbocycles. The van der Waals surface area contributed by atoms with Gasteiger partial charge >= 0.3 is 0 Å². The molecule has 14 heavy (non-hydrogen) atoms. The summed E-state index contributed by atoms with van der Waals surface area (Å²) in [5, 5.41) is 0. The van der Waals surface area contributed by atoms with Crippen molar-refractivity contribution in [3.05, 3.63) is 35.1 Å². The van der Waals surface area contributed by atoms with Gasteiger partial charge in [0.1, 0.15) is 5.82 Å². The van der Waals surface area contributed by atoms with E-state index in [4.69, 9.17) is 17.3 Å². The fourth-order valence-electron chi connectivity index (χ4n) is 0.856. The number of benzene rings is 1. The van der Waals surface area contributed by atoms with Crippen LogP contribution in [0.5, 0.6) is 0 Å². The van der Waals surface area contributed by atoms with Gasteiger partial charge in [-0.05, 0) is 25.1 Å². The van der Waals surface area contributed by atoms with Gasteiger partial charge in [-0.1, -0.05) is 17.2 Å². The van der Waals surface area contributed by atoms with Crippen molar-refractivity contribution in [3.8, 4) is 0 Å². The molecule has 2 N–H and O–H groups in total. The zero-order chi connectivity index (χ0) is 10.6. The molecule has 0 fully saturated rings. The smallest absolute Gasteiger partial charge is 0.124 e. The van der Waals surface area contributed by atoms with Gasteiger partial charge < -0.3 is 5.73 Å². The minimum Gasteiger partial charge on any atom is -0.398 e. The molecule has 0 amide bonds. The van der Waals surface area contributed by atoms with E-state index in [0.717, 1.165) is 16.2 Å². The van der Waals surface area contributed by atoms with E-state index in [0.29, 0.717) is 5.69 Å². The van der Waals surface area contributed by atoms with Crippen LogP contribution in [0.2, 0.25) is 0 Å². The summed E-state index contributed by atoms with van der Waals surface area (Å²) < 4.78 is 12.8. The Labute approximate surface area is 92.1 Å². The minimum absolute atomic E-state index is 0.269. The number of hydrogen-bond donors (Lipinski definition) is 1. The molecule has 0 bridgehead atoms. The summed E-state index contributed by atoms with van der Waals surface area (Å²) in [6.45, 7) is 1.91. The number of anilines is 1. The third-order valence-electron chi connectivity index (χ3n) is 1.62. The van der Waals surface area contributed by atoms with Crippen LogP contribution >= 0.6 is 23.4 Å². The largest absolute Gasteiger partial charge is 0.398 e. The lowest BCUT2D eigenvalue weighted by Crippen LogP contribution is -1.90. The Hall–Kier alpha value is -0.670. The zero-order valence-electron chi connectivity index (χ0n) is 7.76. The summed E-state index contributed by atoms with van der Waals surface area (Å²) in [5.74, 6) is 0.450. The first-order chi connectivity index (χ1) is 6.63. The van der Waals surface area contributed by atoms with Crippen LogP contribution in [-0.4, -0.2) is 5.75 Å². The highest BCUT2D eigenvalue weighted by Crippen LogP contribution is 2.27. The Bertz CT molecular complexity index is 352. The summed E-state index contributed by atoms with van der Waals surface area (Å²) >= 11 is 6.98. The van der Waals surface area contributed by atoms with Crippen molar-refractivity contribution < 1.29 is 4.39 Å². The second-order valence-electron chi connectivity index (χ2n) is 2.93. The first kappa shape index (κ1) is 11.4. The fraction of sp³-hybridized carbons (Fsp3) is 0.200. The molecule has 0 saturated heterocycles. The van der Waals surface area contributed by atoms with Crippen LogP contribution in [-0.2, 0) is 0 Å². The molecule has 0 atom stereocenters. The molecule has 1 aromatic rings. The van der Waals surface area contributed by atoms with Crippen LogP contribution in [0.3, 0.4) is 0 Å². The lowest BCUT2D eigenvalue weighted by atomic mass is 10.3. The molecular weight excluding hydrogens is 221 g/mol. The summed E-state index contributed by atoms with van der Waals surface area (Å²) in [5.41, 5.74) is 8.82. The Morgan fingerprint density at radius 2 is 2.36 bits per heavy atom. The molecule has 0 unspecified atom stereocenters. The number of nitrogen functional groups attached to an aromatic ring is 1. The quantitative estimate of drug-likeness (QED) is 0.635. The Morgan fingerprint density at radius 3 is 3.00 bits per heavy atom. The number of rotatable bonds is 3. The van der Waals surface area contributed by atoms with E-state index < -0.39 is 0 Å². The molecule has 0 aliphatic heterocycles. The second kappa shape index (κ2) is 5.27. The van der Waals surface area contributed by atoms with Crippen LogP contribution < -0.4 is 5.73 Å². The lowest BCUT2D eigenvalue weighted by Gasteiger charge is -2.04. The molecule has 0 aromatic heterocycles. The molecule has 0 saturated carbocycles. The highest BCUT2D eigenvalue weighted by molar-refractivity contribution is 7.99. The van der Waals surface area contributed by atoms with Gasteiger partial charge in [0.2, 0.25) is 0 Å². The van der Waals surface area contributed by atoms with E-state index >= 15 is 0 Å². The van der Waals surface area contributed by atoms with Crippen LogP contribution in [0.15, 0.2) is 34.2 Å². The van der Waals surface area contributed by atoms with Crippen LogP contribution in [0.25, 0.3) is 0 Å². The van der Waals surface area contributed by atoms with Crippen LogP contribution in [0, 0.1) is 5.82 Å². The maximum Gasteiger partial charge on any atom is 0.124 e. The van der Waals surface area contributed by atoms with Gasteiger partial charge in [0.05, 0.1) is 0 Å². The predicted octanol–water partition coefficient (Wildman–Crippen LogP) is 3.64. The van der Waals surface area contributed by atoms with Gasteiger partial charge in [-0.2, -0.15) is 0 Å². The van der Waals surface area contributed by atoms with Gasteiger partial charge in [-0.25, -0.2) is 4.39 Å². The highest BCUT2D eigenvalue weighted by Gasteiger charge is 2.01. The Balaban J connectivity index is 2.71. The maximum absolute atomic E-state index is 12.8. The average molecular weight is 232 g/mol. The van der Waals surface area contributed by atoms with Crippen molar-refractivity contribution in [2.45, 2.75) is 11.8 Å². The topological polar surface area (TPSA) is 26.0 Å². The second-order valence-corrected chi connectivity index (χ2v) is 4.16. The first-order valence-electron chi connectivity index (χ1n) is 4.07. The van der Waals surface area contributed by atoms with E-state index in [1.807, 2.05) is 6.92 Å². The monoisotopic (exact) mass is 231 g/mol. The van der Waals surface area contributed by atoms with Gasteiger partial charge in [0, 0.05) is 21.9 Å². The molecule has 0 radical (unpaired) electrons. The van der Waals surface area contributed by atoms with Crippen molar-refractivity contribution in [1.29, 1.82) is 0 Å². The molecule has 0 heterocycles. The van der Waals surface area contributed by atoms with Crippen molar-refractivity contribution in [2.75, 3.05) is 11.5 Å². The Kier molecular flexibility index (Phi) is 4.29. The molecule has 4 heteroatoms. The van der Waals surface area contributed by atoms with Crippen LogP contribution in [0.4, 0.5) is 10.1 Å². The van der Waals surface area contributed by atoms with Crippen molar-refractivity contribution in [2.24, 2.45) is 0 Å². The predicted molar refractivity (Wildman–Crippen MR) is 61.1 cm³/mol. The van der Waals surface area contributed by atoms with Gasteiger partial charge in [-0.3, -0.25) is 0 Å².